The minimum Gasteiger partial charge on any atom is -0.481 e. The van der Waals surface area contributed by atoms with Crippen LogP contribution in [-0.4, -0.2) is 32.7 Å². The van der Waals surface area contributed by atoms with E-state index in [1.165, 1.54) is 16.7 Å². The lowest BCUT2D eigenvalue weighted by Gasteiger charge is -2.13. The van der Waals surface area contributed by atoms with Gasteiger partial charge in [-0.2, -0.15) is 0 Å². The molecule has 0 aliphatic carbocycles. The monoisotopic (exact) mass is 451 g/mol. The fourth-order valence-corrected chi connectivity index (χ4v) is 4.56. The van der Waals surface area contributed by atoms with Gasteiger partial charge < -0.3 is 5.11 Å². The van der Waals surface area contributed by atoms with E-state index in [0.717, 1.165) is 16.7 Å². The number of carbonyl (C=O) groups is 2. The molecule has 3 rings (SSSR count). The number of hydrogen-bond acceptors (Lipinski definition) is 4. The van der Waals surface area contributed by atoms with Gasteiger partial charge in [-0.15, -0.1) is 0 Å². The standard InChI is InChI=1S/C20H15Cl2NO3S2/c21-15-9-14(10-16(22)11-15)13-5-3-12(4-6-13)8-17-19(26)23(20(27)28-17)7-1-2-18(24)25/h3-6,8-11H,1-2,7H2,(H,24,25)/b17-8-. The highest BCUT2D eigenvalue weighted by Crippen LogP contribution is 2.33. The maximum absolute atomic E-state index is 12.5. The number of rotatable bonds is 6. The van der Waals surface area contributed by atoms with Crippen LogP contribution in [-0.2, 0) is 9.59 Å². The van der Waals surface area contributed by atoms with Crippen LogP contribution in [0.15, 0.2) is 47.4 Å². The second kappa shape index (κ2) is 9.09. The summed E-state index contributed by atoms with van der Waals surface area (Å²) in [6.45, 7) is 0.308. The summed E-state index contributed by atoms with van der Waals surface area (Å²) in [4.78, 5) is 25.2. The highest BCUT2D eigenvalue weighted by atomic mass is 35.5. The van der Waals surface area contributed by atoms with Crippen molar-refractivity contribution < 1.29 is 14.7 Å². The number of carboxylic acid groups (broad SMARTS) is 1. The van der Waals surface area contributed by atoms with Crippen molar-refractivity contribution in [1.29, 1.82) is 0 Å². The molecule has 1 saturated heterocycles. The average Bonchev–Trinajstić information content (AvgIpc) is 2.88. The van der Waals surface area contributed by atoms with Gasteiger partial charge in [-0.05, 0) is 47.4 Å². The third-order valence-electron chi connectivity index (χ3n) is 4.05. The Morgan fingerprint density at radius 1 is 1.11 bits per heavy atom. The lowest BCUT2D eigenvalue weighted by Crippen LogP contribution is -2.29. The molecule has 0 atom stereocenters. The van der Waals surface area contributed by atoms with Gasteiger partial charge in [0, 0.05) is 23.0 Å². The average molecular weight is 452 g/mol. The van der Waals surface area contributed by atoms with E-state index < -0.39 is 5.97 Å². The number of amides is 1. The van der Waals surface area contributed by atoms with E-state index in [-0.39, 0.29) is 12.3 Å². The topological polar surface area (TPSA) is 57.6 Å². The summed E-state index contributed by atoms with van der Waals surface area (Å²) < 4.78 is 0.451. The number of thiocarbonyl (C=S) groups is 1. The molecule has 28 heavy (non-hydrogen) atoms. The molecule has 1 aliphatic rings. The Labute approximate surface area is 182 Å². The van der Waals surface area contributed by atoms with E-state index in [4.69, 9.17) is 40.5 Å². The maximum atomic E-state index is 12.5. The van der Waals surface area contributed by atoms with Gasteiger partial charge in [0.15, 0.2) is 0 Å². The van der Waals surface area contributed by atoms with E-state index in [9.17, 15) is 9.59 Å². The zero-order valence-corrected chi connectivity index (χ0v) is 17.7. The Hall–Kier alpha value is -1.86. The van der Waals surface area contributed by atoms with Crippen molar-refractivity contribution in [3.63, 3.8) is 0 Å². The zero-order chi connectivity index (χ0) is 20.3. The van der Waals surface area contributed by atoms with Crippen molar-refractivity contribution in [2.24, 2.45) is 0 Å². The van der Waals surface area contributed by atoms with Crippen LogP contribution in [0.25, 0.3) is 17.2 Å². The Morgan fingerprint density at radius 2 is 1.75 bits per heavy atom. The second-order valence-electron chi connectivity index (χ2n) is 6.11. The van der Waals surface area contributed by atoms with Crippen LogP contribution in [0.3, 0.4) is 0 Å². The van der Waals surface area contributed by atoms with Crippen LogP contribution in [0.4, 0.5) is 0 Å². The zero-order valence-electron chi connectivity index (χ0n) is 14.5. The van der Waals surface area contributed by atoms with E-state index in [1.807, 2.05) is 36.4 Å². The Bertz CT molecular complexity index is 954. The SMILES string of the molecule is O=C(O)CCCN1C(=O)/C(=C/c2ccc(-c3cc(Cl)cc(Cl)c3)cc2)SC1=S. The summed E-state index contributed by atoms with van der Waals surface area (Å²) in [5.41, 5.74) is 2.74. The molecule has 144 valence electrons. The maximum Gasteiger partial charge on any atom is 0.303 e. The Balaban J connectivity index is 1.74. The first kappa shape index (κ1) is 20.9. The van der Waals surface area contributed by atoms with Crippen molar-refractivity contribution in [3.8, 4) is 11.1 Å². The molecule has 0 saturated carbocycles. The summed E-state index contributed by atoms with van der Waals surface area (Å²) in [6, 6.07) is 13.0. The van der Waals surface area contributed by atoms with E-state index in [0.29, 0.717) is 32.2 Å². The van der Waals surface area contributed by atoms with Gasteiger partial charge in [0.25, 0.3) is 5.91 Å². The second-order valence-corrected chi connectivity index (χ2v) is 8.66. The predicted octanol–water partition coefficient (Wildman–Crippen LogP) is 5.73. The molecule has 1 amide bonds. The van der Waals surface area contributed by atoms with Crippen LogP contribution in [0.2, 0.25) is 10.0 Å². The van der Waals surface area contributed by atoms with Crippen molar-refractivity contribution in [1.82, 2.24) is 4.90 Å². The molecule has 0 radical (unpaired) electrons. The molecule has 0 spiro atoms. The minimum atomic E-state index is -0.887. The van der Waals surface area contributed by atoms with Gasteiger partial charge in [0.1, 0.15) is 4.32 Å². The summed E-state index contributed by atoms with van der Waals surface area (Å²) in [5.74, 6) is -1.08. The summed E-state index contributed by atoms with van der Waals surface area (Å²) in [6.07, 6.45) is 2.16. The predicted molar refractivity (Wildman–Crippen MR) is 119 cm³/mol. The Morgan fingerprint density at radius 3 is 2.36 bits per heavy atom. The van der Waals surface area contributed by atoms with Crippen LogP contribution in [0, 0.1) is 0 Å². The third-order valence-corrected chi connectivity index (χ3v) is 5.86. The fraction of sp³-hybridized carbons (Fsp3) is 0.150. The normalized spacial score (nSPS) is 15.5. The molecule has 0 unspecified atom stereocenters. The highest BCUT2D eigenvalue weighted by molar-refractivity contribution is 8.26. The first-order valence-corrected chi connectivity index (χ1v) is 10.4. The number of hydrogen-bond donors (Lipinski definition) is 1. The molecule has 1 aliphatic heterocycles. The number of aliphatic carboxylic acids is 1. The molecule has 1 fully saturated rings. The number of thioether (sulfide) groups is 1. The van der Waals surface area contributed by atoms with Gasteiger partial charge in [0.05, 0.1) is 4.91 Å². The highest BCUT2D eigenvalue weighted by Gasteiger charge is 2.31. The minimum absolute atomic E-state index is 0.00505. The number of halogens is 2. The van der Waals surface area contributed by atoms with E-state index in [2.05, 4.69) is 0 Å². The quantitative estimate of drug-likeness (QED) is 0.448. The van der Waals surface area contributed by atoms with Crippen molar-refractivity contribution in [3.05, 3.63) is 63.0 Å². The smallest absolute Gasteiger partial charge is 0.303 e. The van der Waals surface area contributed by atoms with Crippen molar-refractivity contribution in [2.75, 3.05) is 6.54 Å². The first-order valence-electron chi connectivity index (χ1n) is 8.37. The van der Waals surface area contributed by atoms with E-state index in [1.54, 1.807) is 12.1 Å². The van der Waals surface area contributed by atoms with Gasteiger partial charge in [0.2, 0.25) is 0 Å². The molecular weight excluding hydrogens is 437 g/mol. The van der Waals surface area contributed by atoms with Gasteiger partial charge in [-0.3, -0.25) is 14.5 Å². The number of carboxylic acids is 1. The van der Waals surface area contributed by atoms with Crippen molar-refractivity contribution in [2.45, 2.75) is 12.8 Å². The first-order chi connectivity index (χ1) is 13.3. The van der Waals surface area contributed by atoms with Crippen LogP contribution < -0.4 is 0 Å². The van der Waals surface area contributed by atoms with Gasteiger partial charge in [-0.25, -0.2) is 0 Å². The summed E-state index contributed by atoms with van der Waals surface area (Å²) >= 11 is 18.6. The van der Waals surface area contributed by atoms with Crippen molar-refractivity contribution >= 4 is 69.5 Å². The van der Waals surface area contributed by atoms with Gasteiger partial charge >= 0.3 is 5.97 Å². The molecule has 4 nitrogen and oxygen atoms in total. The molecule has 1 N–H and O–H groups in total. The summed E-state index contributed by atoms with van der Waals surface area (Å²) in [7, 11) is 0. The molecule has 0 bridgehead atoms. The van der Waals surface area contributed by atoms with Crippen LogP contribution in [0.5, 0.6) is 0 Å². The van der Waals surface area contributed by atoms with Crippen LogP contribution >= 0.6 is 47.2 Å². The van der Waals surface area contributed by atoms with E-state index >= 15 is 0 Å². The number of nitrogens with zero attached hydrogens (tertiary/aromatic N) is 1. The molecule has 8 heteroatoms. The lowest BCUT2D eigenvalue weighted by atomic mass is 10.0. The van der Waals surface area contributed by atoms with Gasteiger partial charge in [-0.1, -0.05) is 71.4 Å². The molecule has 2 aromatic rings. The fourth-order valence-electron chi connectivity index (χ4n) is 2.72. The molecular formula is C20H15Cl2NO3S2. The summed E-state index contributed by atoms with van der Waals surface area (Å²) in [5, 5.41) is 9.87. The third kappa shape index (κ3) is 5.14. The lowest BCUT2D eigenvalue weighted by molar-refractivity contribution is -0.137. The number of benzene rings is 2. The number of carbonyl (C=O) groups excluding carboxylic acids is 1. The largest absolute Gasteiger partial charge is 0.481 e. The molecule has 0 aromatic heterocycles. The molecule has 2 aromatic carbocycles. The van der Waals surface area contributed by atoms with Crippen LogP contribution in [0.1, 0.15) is 18.4 Å². The molecule has 1 heterocycles. The Kier molecular flexibility index (Phi) is 6.78.